The highest BCUT2D eigenvalue weighted by Crippen LogP contribution is 2.64. The molecule has 58 heavy (non-hydrogen) atoms. The quantitative estimate of drug-likeness (QED) is 0.0956. The predicted octanol–water partition coefficient (Wildman–Crippen LogP) is 10.4. The van der Waals surface area contributed by atoms with Crippen LogP contribution in [-0.2, 0) is 25.8 Å². The SMILES string of the molecule is CC(C)Oc1cc(OC(C)C)c([S+](c2ccccc2)c2c(OC(C)C)cc(OC(C)C)cc2OC(C)C)c(OC(C)C)c1.CC1(C)C2CCC1(CS(=O)(=O)[O-])C(=O)C2. The molecule has 0 heterocycles. The van der Waals surface area contributed by atoms with E-state index in [0.29, 0.717) is 47.3 Å². The van der Waals surface area contributed by atoms with Gasteiger partial charge in [0.05, 0.1) is 52.5 Å². The molecule has 0 spiro atoms. The molecule has 2 aliphatic carbocycles. The summed E-state index contributed by atoms with van der Waals surface area (Å²) in [6.07, 6.45) is 1.52. The number of fused-ring (bicyclic) bond motifs is 2. The molecule has 0 aliphatic heterocycles. The van der Waals surface area contributed by atoms with Crippen LogP contribution in [0.3, 0.4) is 0 Å². The third-order valence-electron chi connectivity index (χ3n) is 10.1. The van der Waals surface area contributed by atoms with Crippen molar-refractivity contribution in [2.75, 3.05) is 5.75 Å². The fourth-order valence-corrected chi connectivity index (χ4v) is 11.5. The lowest BCUT2D eigenvalue weighted by atomic mass is 9.70. The Bertz CT molecular complexity index is 1810. The van der Waals surface area contributed by atoms with Gasteiger partial charge in [0.15, 0.2) is 27.9 Å². The van der Waals surface area contributed by atoms with E-state index in [4.69, 9.17) is 28.4 Å². The number of ether oxygens (including phenoxy) is 6. The van der Waals surface area contributed by atoms with Crippen molar-refractivity contribution in [1.29, 1.82) is 0 Å². The van der Waals surface area contributed by atoms with Crippen LogP contribution in [0, 0.1) is 16.7 Å². The summed E-state index contributed by atoms with van der Waals surface area (Å²) >= 11 is 0. The second-order valence-corrected chi connectivity index (χ2v) is 20.8. The molecular formula is C46H66O10S2. The highest BCUT2D eigenvalue weighted by atomic mass is 32.2. The molecule has 2 atom stereocenters. The zero-order valence-electron chi connectivity index (χ0n) is 37.0. The van der Waals surface area contributed by atoms with Gasteiger partial charge in [0.25, 0.3) is 9.79 Å². The average molecular weight is 843 g/mol. The lowest BCUT2D eigenvalue weighted by Crippen LogP contribution is -2.42. The van der Waals surface area contributed by atoms with Gasteiger partial charge in [-0.05, 0) is 119 Å². The summed E-state index contributed by atoms with van der Waals surface area (Å²) in [6.45, 7) is 28.1. The Kier molecular flexibility index (Phi) is 15.6. The number of hydrogen-bond donors (Lipinski definition) is 0. The predicted molar refractivity (Wildman–Crippen MR) is 229 cm³/mol. The van der Waals surface area contributed by atoms with Crippen LogP contribution in [0.1, 0.15) is 116 Å². The van der Waals surface area contributed by atoms with E-state index in [1.54, 1.807) is 0 Å². The van der Waals surface area contributed by atoms with Crippen LogP contribution in [0.15, 0.2) is 69.3 Å². The van der Waals surface area contributed by atoms with Gasteiger partial charge in [-0.25, -0.2) is 8.42 Å². The van der Waals surface area contributed by atoms with E-state index in [1.165, 1.54) is 0 Å². The first-order valence-corrected chi connectivity index (χ1v) is 23.4. The number of carbonyl (C=O) groups is 1. The molecule has 0 amide bonds. The highest BCUT2D eigenvalue weighted by Gasteiger charge is 2.64. The van der Waals surface area contributed by atoms with Gasteiger partial charge >= 0.3 is 0 Å². The molecule has 0 saturated heterocycles. The molecule has 2 aliphatic rings. The molecule has 3 aromatic carbocycles. The van der Waals surface area contributed by atoms with E-state index in [1.807, 2.05) is 127 Å². The molecule has 12 heteroatoms. The minimum atomic E-state index is -4.33. The first-order valence-electron chi connectivity index (χ1n) is 20.6. The standard InChI is InChI=1S/C36H51O6S.C10H16O4S/c1-22(2)37-28-18-31(39-24(5)6)35(32(19-28)40-25(7)8)43(30-16-14-13-15-17-30)36-33(41-26(9)10)20-29(38-23(3)4)21-34(36)42-27(11)12;1-9(2)7-3-4-10(9,8(11)5-7)6-15(12,13)14/h13-27H,1-12H3;7H,3-6H2,1-2H3,(H,12,13,14)/q+1;/p-1. The van der Waals surface area contributed by atoms with Crippen molar-refractivity contribution < 1.29 is 46.2 Å². The van der Waals surface area contributed by atoms with Gasteiger partial charge in [-0.3, -0.25) is 4.79 Å². The first-order chi connectivity index (χ1) is 26.9. The molecule has 2 unspecified atom stereocenters. The van der Waals surface area contributed by atoms with Crippen molar-refractivity contribution in [2.45, 2.75) is 168 Å². The molecule has 3 aromatic rings. The Labute approximate surface area is 350 Å². The van der Waals surface area contributed by atoms with Gasteiger partial charge < -0.3 is 33.0 Å². The summed E-state index contributed by atoms with van der Waals surface area (Å²) in [7, 11) is -5.11. The first kappa shape index (κ1) is 47.1. The van der Waals surface area contributed by atoms with Crippen LogP contribution >= 0.6 is 0 Å². The Hall–Kier alpha value is -3.61. The Morgan fingerprint density at radius 3 is 1.28 bits per heavy atom. The maximum Gasteiger partial charge on any atom is 0.250 e. The van der Waals surface area contributed by atoms with Crippen molar-refractivity contribution in [3.8, 4) is 34.5 Å². The van der Waals surface area contributed by atoms with Gasteiger partial charge in [0.1, 0.15) is 28.2 Å². The van der Waals surface area contributed by atoms with Crippen LogP contribution in [0.2, 0.25) is 0 Å². The maximum absolute atomic E-state index is 11.8. The van der Waals surface area contributed by atoms with Crippen LogP contribution in [0.5, 0.6) is 34.5 Å². The minimum Gasteiger partial charge on any atom is -0.748 e. The molecular weight excluding hydrogens is 777 g/mol. The van der Waals surface area contributed by atoms with E-state index in [2.05, 4.69) is 24.3 Å². The third kappa shape index (κ3) is 11.6. The smallest absolute Gasteiger partial charge is 0.250 e. The molecule has 2 fully saturated rings. The van der Waals surface area contributed by atoms with Crippen molar-refractivity contribution in [3.05, 3.63) is 54.6 Å². The zero-order chi connectivity index (χ0) is 43.3. The van der Waals surface area contributed by atoms with Crippen LogP contribution in [0.25, 0.3) is 0 Å². The van der Waals surface area contributed by atoms with Crippen molar-refractivity contribution in [3.63, 3.8) is 0 Å². The van der Waals surface area contributed by atoms with Crippen molar-refractivity contribution in [1.82, 2.24) is 0 Å². The minimum absolute atomic E-state index is 0.0115. The van der Waals surface area contributed by atoms with E-state index < -0.39 is 32.2 Å². The Balaban J connectivity index is 0.000000411. The number of hydrogen-bond acceptors (Lipinski definition) is 10. The number of Topliss-reactive ketones (excluding diaryl/α,β-unsaturated/α-hetero) is 1. The average Bonchev–Trinajstić information content (AvgIpc) is 3.40. The fraction of sp³-hybridized carbons (Fsp3) is 0.587. The molecule has 322 valence electrons. The molecule has 2 bridgehead atoms. The van der Waals surface area contributed by atoms with E-state index >= 15 is 0 Å². The molecule has 2 saturated carbocycles. The normalized spacial score (nSPS) is 18.7. The van der Waals surface area contributed by atoms with Crippen molar-refractivity contribution in [2.24, 2.45) is 16.7 Å². The maximum atomic E-state index is 11.8. The lowest BCUT2D eigenvalue weighted by molar-refractivity contribution is -0.128. The summed E-state index contributed by atoms with van der Waals surface area (Å²) in [5, 5.41) is 0. The Morgan fingerprint density at radius 2 is 1.00 bits per heavy atom. The number of ketones is 1. The number of rotatable bonds is 17. The highest BCUT2D eigenvalue weighted by molar-refractivity contribution is 7.97. The van der Waals surface area contributed by atoms with Gasteiger partial charge in [0.2, 0.25) is 0 Å². The van der Waals surface area contributed by atoms with E-state index in [-0.39, 0.29) is 53.7 Å². The van der Waals surface area contributed by atoms with Gasteiger partial charge in [-0.1, -0.05) is 32.0 Å². The van der Waals surface area contributed by atoms with Crippen LogP contribution in [-0.4, -0.2) is 61.1 Å². The second kappa shape index (κ2) is 19.2. The second-order valence-electron chi connectivity index (χ2n) is 17.5. The number of benzene rings is 3. The molecule has 10 nitrogen and oxygen atoms in total. The topological polar surface area (TPSA) is 130 Å². The number of carbonyl (C=O) groups excluding carboxylic acids is 1. The molecule has 0 aromatic heterocycles. The van der Waals surface area contributed by atoms with Gasteiger partial charge in [0, 0.05) is 36.1 Å². The summed E-state index contributed by atoms with van der Waals surface area (Å²) in [6, 6.07) is 18.3. The summed E-state index contributed by atoms with van der Waals surface area (Å²) in [4.78, 5) is 14.7. The van der Waals surface area contributed by atoms with Gasteiger partial charge in [-0.2, -0.15) is 0 Å². The van der Waals surface area contributed by atoms with Gasteiger partial charge in [-0.15, -0.1) is 0 Å². The Morgan fingerprint density at radius 1 is 0.638 bits per heavy atom. The molecule has 0 radical (unpaired) electrons. The van der Waals surface area contributed by atoms with Crippen molar-refractivity contribution >= 4 is 26.8 Å². The largest absolute Gasteiger partial charge is 0.748 e. The fourth-order valence-electron chi connectivity index (χ4n) is 7.86. The molecule has 0 N–H and O–H groups in total. The van der Waals surface area contributed by atoms with Crippen LogP contribution in [0.4, 0.5) is 0 Å². The monoisotopic (exact) mass is 842 g/mol. The lowest BCUT2D eigenvalue weighted by Gasteiger charge is -2.37. The van der Waals surface area contributed by atoms with E-state index in [9.17, 15) is 17.8 Å². The molecule has 5 rings (SSSR count). The zero-order valence-corrected chi connectivity index (χ0v) is 38.6. The third-order valence-corrected chi connectivity index (χ3v) is 13.3. The summed E-state index contributed by atoms with van der Waals surface area (Å²) in [5.74, 6) is 3.90. The van der Waals surface area contributed by atoms with Crippen LogP contribution < -0.4 is 28.4 Å². The van der Waals surface area contributed by atoms with E-state index in [0.717, 1.165) is 21.1 Å². The summed E-state index contributed by atoms with van der Waals surface area (Å²) < 4.78 is 71.4. The summed E-state index contributed by atoms with van der Waals surface area (Å²) in [5.41, 5.74) is -1.22.